The van der Waals surface area contributed by atoms with E-state index in [0.29, 0.717) is 12.6 Å². The summed E-state index contributed by atoms with van der Waals surface area (Å²) < 4.78 is 13.4. The fraction of sp³-hybridized carbons (Fsp3) is 0.647. The van der Waals surface area contributed by atoms with E-state index in [0.717, 1.165) is 18.5 Å². The Morgan fingerprint density at radius 3 is 2.86 bits per heavy atom. The zero-order valence-corrected chi connectivity index (χ0v) is 13.5. The van der Waals surface area contributed by atoms with Crippen LogP contribution in [0, 0.1) is 5.82 Å². The predicted molar refractivity (Wildman–Crippen MR) is 85.8 cm³/mol. The van der Waals surface area contributed by atoms with Crippen molar-refractivity contribution in [1.82, 2.24) is 9.80 Å². The number of nitrogens with two attached hydrogens (primary N) is 1. The molecule has 2 atom stereocenters. The van der Waals surface area contributed by atoms with Gasteiger partial charge in [-0.15, -0.1) is 0 Å². The second-order valence-corrected chi connectivity index (χ2v) is 6.68. The zero-order valence-electron chi connectivity index (χ0n) is 13.5. The van der Waals surface area contributed by atoms with E-state index in [2.05, 4.69) is 30.8 Å². The lowest BCUT2D eigenvalue weighted by molar-refractivity contribution is 0.0487. The average molecular weight is 293 g/mol. The molecule has 0 aliphatic carbocycles. The minimum Gasteiger partial charge on any atom is -0.329 e. The fourth-order valence-corrected chi connectivity index (χ4v) is 3.32. The molecule has 1 saturated heterocycles. The molecule has 1 aromatic carbocycles. The number of likely N-dealkylation sites (tertiary alicyclic amines) is 1. The van der Waals surface area contributed by atoms with Crippen molar-refractivity contribution >= 4 is 0 Å². The van der Waals surface area contributed by atoms with Crippen molar-refractivity contribution in [2.24, 2.45) is 5.73 Å². The minimum absolute atomic E-state index is 0.142. The Labute approximate surface area is 127 Å². The van der Waals surface area contributed by atoms with E-state index in [4.69, 9.17) is 5.73 Å². The van der Waals surface area contributed by atoms with Gasteiger partial charge in [0.05, 0.1) is 0 Å². The van der Waals surface area contributed by atoms with Crippen molar-refractivity contribution in [3.8, 4) is 0 Å². The number of hydrogen-bond donors (Lipinski definition) is 1. The first-order valence-corrected chi connectivity index (χ1v) is 7.80. The van der Waals surface area contributed by atoms with Gasteiger partial charge in [0, 0.05) is 24.7 Å². The molecule has 2 unspecified atom stereocenters. The van der Waals surface area contributed by atoms with Crippen LogP contribution in [0.15, 0.2) is 24.3 Å². The molecule has 1 fully saturated rings. The summed E-state index contributed by atoms with van der Waals surface area (Å²) in [5, 5.41) is 0. The number of likely N-dealkylation sites (N-methyl/N-ethyl adjacent to an activating group) is 2. The molecule has 118 valence electrons. The van der Waals surface area contributed by atoms with Gasteiger partial charge in [-0.3, -0.25) is 4.90 Å². The third-order valence-electron chi connectivity index (χ3n) is 4.91. The quantitative estimate of drug-likeness (QED) is 0.902. The van der Waals surface area contributed by atoms with Crippen LogP contribution in [0.25, 0.3) is 0 Å². The molecule has 4 heteroatoms. The molecule has 1 heterocycles. The van der Waals surface area contributed by atoms with Crippen molar-refractivity contribution in [3.63, 3.8) is 0 Å². The number of halogens is 1. The summed E-state index contributed by atoms with van der Waals surface area (Å²) >= 11 is 0. The van der Waals surface area contributed by atoms with E-state index in [1.807, 2.05) is 6.07 Å². The topological polar surface area (TPSA) is 32.5 Å². The Bertz CT molecular complexity index is 465. The number of piperidine rings is 1. The van der Waals surface area contributed by atoms with E-state index in [9.17, 15) is 4.39 Å². The fourth-order valence-electron chi connectivity index (χ4n) is 3.32. The molecule has 1 aromatic rings. The highest BCUT2D eigenvalue weighted by atomic mass is 19.1. The summed E-state index contributed by atoms with van der Waals surface area (Å²) in [6.07, 6.45) is 3.21. The largest absolute Gasteiger partial charge is 0.329 e. The summed E-state index contributed by atoms with van der Waals surface area (Å²) in [6, 6.07) is 7.39. The second kappa shape index (κ2) is 6.86. The minimum atomic E-state index is -0.174. The Balaban J connectivity index is 2.11. The van der Waals surface area contributed by atoms with Crippen molar-refractivity contribution in [2.75, 3.05) is 33.7 Å². The van der Waals surface area contributed by atoms with Gasteiger partial charge in [-0.2, -0.15) is 0 Å². The summed E-state index contributed by atoms with van der Waals surface area (Å²) in [6.45, 7) is 5.01. The third kappa shape index (κ3) is 4.02. The van der Waals surface area contributed by atoms with Crippen molar-refractivity contribution in [3.05, 3.63) is 35.6 Å². The highest BCUT2D eigenvalue weighted by molar-refractivity contribution is 5.19. The van der Waals surface area contributed by atoms with Crippen LogP contribution in [0.4, 0.5) is 4.39 Å². The van der Waals surface area contributed by atoms with Gasteiger partial charge in [0.25, 0.3) is 0 Å². The lowest BCUT2D eigenvalue weighted by Crippen LogP contribution is -2.58. The van der Waals surface area contributed by atoms with Gasteiger partial charge in [0.15, 0.2) is 0 Å². The van der Waals surface area contributed by atoms with Gasteiger partial charge >= 0.3 is 0 Å². The van der Waals surface area contributed by atoms with Crippen LogP contribution >= 0.6 is 0 Å². The van der Waals surface area contributed by atoms with Crippen LogP contribution < -0.4 is 5.73 Å². The number of nitrogens with zero attached hydrogens (tertiary/aromatic N) is 2. The molecule has 2 N–H and O–H groups in total. The summed E-state index contributed by atoms with van der Waals surface area (Å²) in [4.78, 5) is 4.79. The number of hydrogen-bond acceptors (Lipinski definition) is 3. The first-order chi connectivity index (χ1) is 9.94. The normalized spacial score (nSPS) is 23.2. The van der Waals surface area contributed by atoms with Crippen molar-refractivity contribution in [2.45, 2.75) is 37.8 Å². The van der Waals surface area contributed by atoms with Crippen LogP contribution in [0.2, 0.25) is 0 Å². The van der Waals surface area contributed by atoms with E-state index >= 15 is 0 Å². The number of benzene rings is 1. The lowest BCUT2D eigenvalue weighted by Gasteiger charge is -2.46. The Hall–Kier alpha value is -0.970. The smallest absolute Gasteiger partial charge is 0.123 e. The first kappa shape index (κ1) is 16.4. The molecule has 21 heavy (non-hydrogen) atoms. The van der Waals surface area contributed by atoms with Gasteiger partial charge in [-0.1, -0.05) is 12.1 Å². The summed E-state index contributed by atoms with van der Waals surface area (Å²) in [7, 11) is 4.34. The van der Waals surface area contributed by atoms with Gasteiger partial charge < -0.3 is 10.6 Å². The molecule has 0 radical (unpaired) electrons. The Morgan fingerprint density at radius 2 is 2.24 bits per heavy atom. The van der Waals surface area contributed by atoms with Gasteiger partial charge in [-0.25, -0.2) is 4.39 Å². The molecule has 2 rings (SSSR count). The lowest BCUT2D eigenvalue weighted by atomic mass is 9.88. The molecule has 0 aromatic heterocycles. The molecule has 1 aliphatic heterocycles. The Kier molecular flexibility index (Phi) is 5.36. The molecular formula is C17H28FN3. The van der Waals surface area contributed by atoms with E-state index < -0.39 is 0 Å². The second-order valence-electron chi connectivity index (χ2n) is 6.68. The number of rotatable bonds is 5. The zero-order chi connectivity index (χ0) is 15.5. The van der Waals surface area contributed by atoms with E-state index in [1.54, 1.807) is 12.1 Å². The van der Waals surface area contributed by atoms with Crippen LogP contribution in [0.1, 0.15) is 25.3 Å². The van der Waals surface area contributed by atoms with Crippen LogP contribution in [0.5, 0.6) is 0 Å². The standard InChI is InChI=1S/C17H28FN3/c1-17(13-19,11-14-6-4-7-15(18)10-14)21(3)16-8-5-9-20(2)12-16/h4,6-7,10,16H,5,8-9,11-13,19H2,1-3H3. The van der Waals surface area contributed by atoms with Crippen molar-refractivity contribution in [1.29, 1.82) is 0 Å². The van der Waals surface area contributed by atoms with Gasteiger partial charge in [0.2, 0.25) is 0 Å². The monoisotopic (exact) mass is 293 g/mol. The van der Waals surface area contributed by atoms with Crippen molar-refractivity contribution < 1.29 is 4.39 Å². The van der Waals surface area contributed by atoms with Gasteiger partial charge in [0.1, 0.15) is 5.82 Å². The maximum Gasteiger partial charge on any atom is 0.123 e. The highest BCUT2D eigenvalue weighted by Gasteiger charge is 2.34. The molecule has 0 amide bonds. The molecule has 0 bridgehead atoms. The maximum absolute atomic E-state index is 13.4. The average Bonchev–Trinajstić information content (AvgIpc) is 2.46. The summed E-state index contributed by atoms with van der Waals surface area (Å²) in [5.41, 5.74) is 6.96. The van der Waals surface area contributed by atoms with Gasteiger partial charge in [-0.05, 0) is 64.5 Å². The Morgan fingerprint density at radius 1 is 1.48 bits per heavy atom. The van der Waals surface area contributed by atoms with Crippen LogP contribution in [-0.4, -0.2) is 55.1 Å². The predicted octanol–water partition coefficient (Wildman–Crippen LogP) is 2.11. The summed E-state index contributed by atoms with van der Waals surface area (Å²) in [5.74, 6) is -0.174. The SMILES string of the molecule is CN1CCCC(N(C)C(C)(CN)Cc2cccc(F)c2)C1. The molecular weight excluding hydrogens is 265 g/mol. The van der Waals surface area contributed by atoms with E-state index in [1.165, 1.54) is 25.5 Å². The van der Waals surface area contributed by atoms with E-state index in [-0.39, 0.29) is 11.4 Å². The van der Waals surface area contributed by atoms with Crippen LogP contribution in [0.3, 0.4) is 0 Å². The maximum atomic E-state index is 13.4. The molecule has 3 nitrogen and oxygen atoms in total. The molecule has 0 spiro atoms. The highest BCUT2D eigenvalue weighted by Crippen LogP contribution is 2.25. The molecule has 0 saturated carbocycles. The third-order valence-corrected chi connectivity index (χ3v) is 4.91. The first-order valence-electron chi connectivity index (χ1n) is 7.80. The molecule has 1 aliphatic rings. The van der Waals surface area contributed by atoms with Crippen LogP contribution in [-0.2, 0) is 6.42 Å².